The molecule has 2 atom stereocenters. The number of hydrogen-bond donors (Lipinski definition) is 1. The Labute approximate surface area is 126 Å². The number of aliphatic hydroxyl groups is 1. The number of rotatable bonds is 9. The number of unbranched alkanes of at least 4 members (excludes halogenated alkanes) is 6. The standard InChI is InChI=1S/C16H26O5/c1-4-5-6-7-8-9-10-11-16(19)12(2)14(17)21-13(16)15(18)20-3/h13,19H,2,4-11H2,1,3H3. The average molecular weight is 298 g/mol. The molecule has 0 bridgehead atoms. The molecule has 1 saturated heterocycles. The number of hydrogen-bond acceptors (Lipinski definition) is 5. The van der Waals surface area contributed by atoms with E-state index in [4.69, 9.17) is 4.74 Å². The van der Waals surface area contributed by atoms with Crippen LogP contribution < -0.4 is 0 Å². The third-order valence-electron chi connectivity index (χ3n) is 4.00. The van der Waals surface area contributed by atoms with Gasteiger partial charge in [-0.15, -0.1) is 0 Å². The maximum Gasteiger partial charge on any atom is 0.350 e. The van der Waals surface area contributed by atoms with E-state index < -0.39 is 23.6 Å². The van der Waals surface area contributed by atoms with E-state index in [1.165, 1.54) is 32.8 Å². The maximum absolute atomic E-state index is 11.6. The second-order valence-electron chi connectivity index (χ2n) is 5.58. The van der Waals surface area contributed by atoms with E-state index in [-0.39, 0.29) is 12.0 Å². The minimum Gasteiger partial charge on any atom is -0.466 e. The second-order valence-corrected chi connectivity index (χ2v) is 5.58. The molecule has 1 aliphatic rings. The highest BCUT2D eigenvalue weighted by Crippen LogP contribution is 2.36. The zero-order valence-corrected chi connectivity index (χ0v) is 13.0. The summed E-state index contributed by atoms with van der Waals surface area (Å²) in [7, 11) is 1.20. The van der Waals surface area contributed by atoms with Crippen molar-refractivity contribution in [3.63, 3.8) is 0 Å². The van der Waals surface area contributed by atoms with Crippen LogP contribution in [-0.2, 0) is 19.1 Å². The first-order valence-corrected chi connectivity index (χ1v) is 7.68. The normalized spacial score (nSPS) is 25.0. The third kappa shape index (κ3) is 4.30. The van der Waals surface area contributed by atoms with E-state index in [9.17, 15) is 14.7 Å². The molecule has 1 heterocycles. The van der Waals surface area contributed by atoms with Crippen LogP contribution in [-0.4, -0.2) is 35.9 Å². The van der Waals surface area contributed by atoms with Gasteiger partial charge in [0.15, 0.2) is 0 Å². The molecule has 0 spiro atoms. The Kier molecular flexibility index (Phi) is 6.89. The Morgan fingerprint density at radius 3 is 2.43 bits per heavy atom. The molecule has 21 heavy (non-hydrogen) atoms. The summed E-state index contributed by atoms with van der Waals surface area (Å²) >= 11 is 0. The van der Waals surface area contributed by atoms with Crippen LogP contribution in [0.3, 0.4) is 0 Å². The Morgan fingerprint density at radius 1 is 1.29 bits per heavy atom. The predicted octanol–water partition coefficient (Wildman–Crippen LogP) is 2.51. The molecule has 0 aliphatic carbocycles. The largest absolute Gasteiger partial charge is 0.466 e. The average Bonchev–Trinajstić information content (AvgIpc) is 2.70. The number of esters is 2. The van der Waals surface area contributed by atoms with Crippen LogP contribution in [0.15, 0.2) is 12.2 Å². The Balaban J connectivity index is 2.47. The number of ether oxygens (including phenoxy) is 2. The molecular formula is C16H26O5. The van der Waals surface area contributed by atoms with Crippen LogP contribution in [0, 0.1) is 0 Å². The molecule has 0 aromatic heterocycles. The minimum atomic E-state index is -1.63. The van der Waals surface area contributed by atoms with Gasteiger partial charge in [0.2, 0.25) is 6.10 Å². The van der Waals surface area contributed by atoms with Crippen LogP contribution >= 0.6 is 0 Å². The van der Waals surface area contributed by atoms with E-state index in [0.717, 1.165) is 12.8 Å². The Bertz CT molecular complexity index is 390. The molecule has 5 nitrogen and oxygen atoms in total. The molecule has 120 valence electrons. The number of carbonyl (C=O) groups is 2. The van der Waals surface area contributed by atoms with Gasteiger partial charge in [0, 0.05) is 0 Å². The van der Waals surface area contributed by atoms with E-state index in [2.05, 4.69) is 18.2 Å². The van der Waals surface area contributed by atoms with Crippen molar-refractivity contribution in [2.24, 2.45) is 0 Å². The first kappa shape index (κ1) is 17.7. The first-order chi connectivity index (χ1) is 9.97. The quantitative estimate of drug-likeness (QED) is 0.402. The molecule has 0 radical (unpaired) electrons. The molecule has 0 aromatic carbocycles. The van der Waals surface area contributed by atoms with E-state index in [1.807, 2.05) is 0 Å². The monoisotopic (exact) mass is 298 g/mol. The van der Waals surface area contributed by atoms with Gasteiger partial charge in [-0.3, -0.25) is 0 Å². The summed E-state index contributed by atoms with van der Waals surface area (Å²) in [4.78, 5) is 23.2. The summed E-state index contributed by atoms with van der Waals surface area (Å²) in [5, 5.41) is 10.6. The second kappa shape index (κ2) is 8.17. The van der Waals surface area contributed by atoms with Gasteiger partial charge in [-0.1, -0.05) is 58.4 Å². The van der Waals surface area contributed by atoms with Crippen molar-refractivity contribution in [1.82, 2.24) is 0 Å². The fourth-order valence-corrected chi connectivity index (χ4v) is 2.59. The van der Waals surface area contributed by atoms with Crippen molar-refractivity contribution in [3.05, 3.63) is 12.2 Å². The SMILES string of the molecule is C=C1C(=O)OC(C(=O)OC)C1(O)CCCCCCCCC. The molecule has 1 rings (SSSR count). The van der Waals surface area contributed by atoms with Gasteiger partial charge in [0.1, 0.15) is 5.60 Å². The minimum absolute atomic E-state index is 0.0520. The number of cyclic esters (lactones) is 1. The Hall–Kier alpha value is -1.36. The molecular weight excluding hydrogens is 272 g/mol. The van der Waals surface area contributed by atoms with E-state index in [0.29, 0.717) is 6.42 Å². The molecule has 1 N–H and O–H groups in total. The van der Waals surface area contributed by atoms with Gasteiger partial charge in [0.25, 0.3) is 0 Å². The lowest BCUT2D eigenvalue weighted by Crippen LogP contribution is -2.45. The maximum atomic E-state index is 11.6. The fraction of sp³-hybridized carbons (Fsp3) is 0.750. The molecule has 1 aliphatic heterocycles. The van der Waals surface area contributed by atoms with Crippen molar-refractivity contribution >= 4 is 11.9 Å². The van der Waals surface area contributed by atoms with Gasteiger partial charge in [-0.25, -0.2) is 9.59 Å². The summed E-state index contributed by atoms with van der Waals surface area (Å²) in [5.41, 5.74) is -1.68. The molecule has 0 aromatic rings. The van der Waals surface area contributed by atoms with Crippen molar-refractivity contribution < 1.29 is 24.2 Å². The van der Waals surface area contributed by atoms with E-state index in [1.54, 1.807) is 0 Å². The summed E-state index contributed by atoms with van der Waals surface area (Å²) in [6.45, 7) is 5.73. The summed E-state index contributed by atoms with van der Waals surface area (Å²) < 4.78 is 9.47. The van der Waals surface area contributed by atoms with Gasteiger partial charge >= 0.3 is 11.9 Å². The van der Waals surface area contributed by atoms with Crippen molar-refractivity contribution in [1.29, 1.82) is 0 Å². The van der Waals surface area contributed by atoms with Crippen LogP contribution in [0.5, 0.6) is 0 Å². The lowest BCUT2D eigenvalue weighted by molar-refractivity contribution is -0.167. The van der Waals surface area contributed by atoms with E-state index >= 15 is 0 Å². The van der Waals surface area contributed by atoms with Gasteiger partial charge in [0.05, 0.1) is 12.7 Å². The molecule has 2 unspecified atom stereocenters. The third-order valence-corrected chi connectivity index (χ3v) is 4.00. The zero-order valence-electron chi connectivity index (χ0n) is 13.0. The topological polar surface area (TPSA) is 72.8 Å². The van der Waals surface area contributed by atoms with Crippen LogP contribution in [0.4, 0.5) is 0 Å². The highest BCUT2D eigenvalue weighted by Gasteiger charge is 2.55. The zero-order chi connectivity index (χ0) is 15.9. The first-order valence-electron chi connectivity index (χ1n) is 7.68. The van der Waals surface area contributed by atoms with Gasteiger partial charge < -0.3 is 14.6 Å². The lowest BCUT2D eigenvalue weighted by atomic mass is 9.85. The lowest BCUT2D eigenvalue weighted by Gasteiger charge is -2.25. The van der Waals surface area contributed by atoms with Crippen LogP contribution in [0.1, 0.15) is 58.3 Å². The van der Waals surface area contributed by atoms with Gasteiger partial charge in [-0.2, -0.15) is 0 Å². The summed E-state index contributed by atoms with van der Waals surface area (Å²) in [6, 6.07) is 0. The summed E-state index contributed by atoms with van der Waals surface area (Å²) in [5.74, 6) is -1.47. The highest BCUT2D eigenvalue weighted by molar-refractivity contribution is 5.98. The van der Waals surface area contributed by atoms with Crippen molar-refractivity contribution in [2.75, 3.05) is 7.11 Å². The predicted molar refractivity (Wildman–Crippen MR) is 78.6 cm³/mol. The molecule has 0 saturated carbocycles. The van der Waals surface area contributed by atoms with Gasteiger partial charge in [-0.05, 0) is 6.42 Å². The Morgan fingerprint density at radius 2 is 1.86 bits per heavy atom. The van der Waals surface area contributed by atoms with Crippen LogP contribution in [0.25, 0.3) is 0 Å². The fourth-order valence-electron chi connectivity index (χ4n) is 2.59. The number of carbonyl (C=O) groups excluding carboxylic acids is 2. The summed E-state index contributed by atoms with van der Waals surface area (Å²) in [6.07, 6.45) is 6.58. The smallest absolute Gasteiger partial charge is 0.350 e. The molecule has 1 fully saturated rings. The van der Waals surface area contributed by atoms with Crippen molar-refractivity contribution in [2.45, 2.75) is 70.0 Å². The molecule has 0 amide bonds. The van der Waals surface area contributed by atoms with Crippen molar-refractivity contribution in [3.8, 4) is 0 Å². The molecule has 5 heteroatoms. The number of methoxy groups -OCH3 is 1. The van der Waals surface area contributed by atoms with Crippen LogP contribution in [0.2, 0.25) is 0 Å². The highest BCUT2D eigenvalue weighted by atomic mass is 16.6.